The van der Waals surface area contributed by atoms with Gasteiger partial charge in [-0.15, -0.1) is 0 Å². The Kier molecular flexibility index (Phi) is 1.81. The van der Waals surface area contributed by atoms with E-state index in [-0.39, 0.29) is 16.9 Å². The fraction of sp³-hybridized carbons (Fsp3) is 0.0588. The van der Waals surface area contributed by atoms with Crippen molar-refractivity contribution >= 4 is 12.2 Å². The third-order valence-corrected chi connectivity index (χ3v) is 4.02. The molecule has 19 heavy (non-hydrogen) atoms. The summed E-state index contributed by atoms with van der Waals surface area (Å²) in [5.41, 5.74) is 4.00. The van der Waals surface area contributed by atoms with Crippen LogP contribution in [0, 0.1) is 0 Å². The van der Waals surface area contributed by atoms with E-state index in [0.29, 0.717) is 0 Å². The SMILES string of the molecule is Oc1ccc2c(c1)C1(C=C2)C=Cc2ccc(O)cc21. The van der Waals surface area contributed by atoms with Crippen molar-refractivity contribution in [1.29, 1.82) is 0 Å². The van der Waals surface area contributed by atoms with Crippen LogP contribution in [0.5, 0.6) is 11.5 Å². The third-order valence-electron chi connectivity index (χ3n) is 4.02. The fourth-order valence-corrected chi connectivity index (χ4v) is 3.10. The van der Waals surface area contributed by atoms with Crippen LogP contribution in [0.15, 0.2) is 48.6 Å². The molecule has 4 rings (SSSR count). The van der Waals surface area contributed by atoms with Gasteiger partial charge in [-0.1, -0.05) is 36.4 Å². The van der Waals surface area contributed by atoms with E-state index < -0.39 is 0 Å². The van der Waals surface area contributed by atoms with Crippen LogP contribution in [0.2, 0.25) is 0 Å². The highest BCUT2D eigenvalue weighted by molar-refractivity contribution is 5.80. The van der Waals surface area contributed by atoms with Crippen molar-refractivity contribution in [2.45, 2.75) is 5.41 Å². The fourth-order valence-electron chi connectivity index (χ4n) is 3.10. The van der Waals surface area contributed by atoms with Gasteiger partial charge in [0.15, 0.2) is 0 Å². The molecule has 0 heterocycles. The van der Waals surface area contributed by atoms with Gasteiger partial charge in [-0.05, 0) is 46.5 Å². The normalized spacial score (nSPS) is 16.8. The molecule has 0 saturated carbocycles. The van der Waals surface area contributed by atoms with Gasteiger partial charge in [0.25, 0.3) is 0 Å². The van der Waals surface area contributed by atoms with Gasteiger partial charge in [-0.2, -0.15) is 0 Å². The van der Waals surface area contributed by atoms with Crippen LogP contribution in [-0.2, 0) is 5.41 Å². The maximum Gasteiger partial charge on any atom is 0.115 e. The molecule has 1 spiro atoms. The summed E-state index contributed by atoms with van der Waals surface area (Å²) in [6.45, 7) is 0. The van der Waals surface area contributed by atoms with Crippen LogP contribution < -0.4 is 0 Å². The Morgan fingerprint density at radius 3 is 1.63 bits per heavy atom. The second-order valence-electron chi connectivity index (χ2n) is 5.08. The number of hydrogen-bond acceptors (Lipinski definition) is 2. The minimum atomic E-state index is -0.345. The van der Waals surface area contributed by atoms with E-state index in [1.807, 2.05) is 12.1 Å². The summed E-state index contributed by atoms with van der Waals surface area (Å²) >= 11 is 0. The highest BCUT2D eigenvalue weighted by Crippen LogP contribution is 2.49. The molecule has 0 aromatic heterocycles. The molecule has 0 aliphatic heterocycles. The first-order chi connectivity index (χ1) is 9.19. The van der Waals surface area contributed by atoms with E-state index in [4.69, 9.17) is 0 Å². The maximum atomic E-state index is 9.74. The average molecular weight is 248 g/mol. The molecule has 0 bridgehead atoms. The summed E-state index contributed by atoms with van der Waals surface area (Å²) in [6, 6.07) is 10.8. The zero-order valence-corrected chi connectivity index (χ0v) is 10.2. The lowest BCUT2D eigenvalue weighted by molar-refractivity contribution is 0.473. The molecule has 2 aliphatic carbocycles. The van der Waals surface area contributed by atoms with E-state index in [1.165, 1.54) is 0 Å². The quantitative estimate of drug-likeness (QED) is 0.749. The van der Waals surface area contributed by atoms with Crippen molar-refractivity contribution in [1.82, 2.24) is 0 Å². The lowest BCUT2D eigenvalue weighted by Crippen LogP contribution is -2.18. The van der Waals surface area contributed by atoms with Gasteiger partial charge in [-0.25, -0.2) is 0 Å². The second kappa shape index (κ2) is 3.29. The number of fused-ring (bicyclic) bond motifs is 4. The maximum absolute atomic E-state index is 9.74. The van der Waals surface area contributed by atoms with Gasteiger partial charge in [0, 0.05) is 0 Å². The summed E-state index contributed by atoms with van der Waals surface area (Å²) in [5.74, 6) is 0.535. The Morgan fingerprint density at radius 1 is 0.684 bits per heavy atom. The minimum absolute atomic E-state index is 0.267. The molecular weight excluding hydrogens is 236 g/mol. The van der Waals surface area contributed by atoms with Gasteiger partial charge in [-0.3, -0.25) is 0 Å². The number of rotatable bonds is 0. The van der Waals surface area contributed by atoms with Crippen LogP contribution in [0.4, 0.5) is 0 Å². The van der Waals surface area contributed by atoms with Crippen molar-refractivity contribution < 1.29 is 10.2 Å². The van der Waals surface area contributed by atoms with Crippen LogP contribution >= 0.6 is 0 Å². The van der Waals surface area contributed by atoms with Gasteiger partial charge >= 0.3 is 0 Å². The number of aromatic hydroxyl groups is 2. The Balaban J connectivity index is 2.02. The lowest BCUT2D eigenvalue weighted by Gasteiger charge is -2.24. The first-order valence-corrected chi connectivity index (χ1v) is 6.24. The monoisotopic (exact) mass is 248 g/mol. The summed E-state index contributed by atoms with van der Waals surface area (Å²) < 4.78 is 0. The van der Waals surface area contributed by atoms with Crippen molar-refractivity contribution in [2.24, 2.45) is 0 Å². The van der Waals surface area contributed by atoms with Crippen molar-refractivity contribution in [2.75, 3.05) is 0 Å². The van der Waals surface area contributed by atoms with Gasteiger partial charge < -0.3 is 10.2 Å². The van der Waals surface area contributed by atoms with Crippen LogP contribution in [-0.4, -0.2) is 10.2 Å². The Morgan fingerprint density at radius 2 is 1.16 bits per heavy atom. The van der Waals surface area contributed by atoms with Crippen molar-refractivity contribution in [3.63, 3.8) is 0 Å². The summed E-state index contributed by atoms with van der Waals surface area (Å²) in [6.07, 6.45) is 8.38. The second-order valence-corrected chi connectivity index (χ2v) is 5.08. The molecule has 0 unspecified atom stereocenters. The number of hydrogen-bond donors (Lipinski definition) is 2. The van der Waals surface area contributed by atoms with Crippen LogP contribution in [0.3, 0.4) is 0 Å². The predicted molar refractivity (Wildman–Crippen MR) is 75.1 cm³/mol. The first-order valence-electron chi connectivity index (χ1n) is 6.24. The van der Waals surface area contributed by atoms with E-state index in [1.54, 1.807) is 24.3 Å². The Labute approximate surface area is 111 Å². The van der Waals surface area contributed by atoms with Gasteiger partial charge in [0.1, 0.15) is 11.5 Å². The first kappa shape index (κ1) is 10.4. The highest BCUT2D eigenvalue weighted by atomic mass is 16.3. The topological polar surface area (TPSA) is 40.5 Å². The molecule has 0 amide bonds. The van der Waals surface area contributed by atoms with E-state index >= 15 is 0 Å². The minimum Gasteiger partial charge on any atom is -0.508 e. The van der Waals surface area contributed by atoms with Gasteiger partial charge in [0.2, 0.25) is 0 Å². The van der Waals surface area contributed by atoms with Gasteiger partial charge in [0.05, 0.1) is 5.41 Å². The highest BCUT2D eigenvalue weighted by Gasteiger charge is 2.38. The molecule has 0 saturated heterocycles. The van der Waals surface area contributed by atoms with Crippen molar-refractivity contribution in [3.8, 4) is 11.5 Å². The molecule has 0 atom stereocenters. The van der Waals surface area contributed by atoms with Crippen LogP contribution in [0.1, 0.15) is 22.3 Å². The number of phenols is 2. The molecule has 0 radical (unpaired) electrons. The molecule has 2 N–H and O–H groups in total. The molecule has 2 nitrogen and oxygen atoms in total. The largest absolute Gasteiger partial charge is 0.508 e. The van der Waals surface area contributed by atoms with E-state index in [9.17, 15) is 10.2 Å². The molecule has 2 aromatic carbocycles. The molecular formula is C17H12O2. The molecule has 2 heteroatoms. The lowest BCUT2D eigenvalue weighted by atomic mass is 9.78. The van der Waals surface area contributed by atoms with E-state index in [2.05, 4.69) is 24.3 Å². The zero-order chi connectivity index (χ0) is 13.0. The zero-order valence-electron chi connectivity index (χ0n) is 10.2. The summed E-state index contributed by atoms with van der Waals surface area (Å²) in [7, 11) is 0. The van der Waals surface area contributed by atoms with E-state index in [0.717, 1.165) is 22.3 Å². The number of benzene rings is 2. The van der Waals surface area contributed by atoms with Crippen molar-refractivity contribution in [3.05, 3.63) is 70.8 Å². The molecule has 2 aromatic rings. The molecule has 2 aliphatic rings. The molecule has 92 valence electrons. The standard InChI is InChI=1S/C17H12O2/c18-13-3-1-11-5-7-17(15(11)9-13)8-6-12-2-4-14(19)10-16(12)17/h1-10,18-19H. The number of phenolic OH excluding ortho intramolecular Hbond substituents is 2. The summed E-state index contributed by atoms with van der Waals surface area (Å²) in [4.78, 5) is 0. The smallest absolute Gasteiger partial charge is 0.115 e. The Hall–Kier alpha value is -2.48. The third kappa shape index (κ3) is 1.26. The molecule has 0 fully saturated rings. The van der Waals surface area contributed by atoms with Crippen LogP contribution in [0.25, 0.3) is 12.2 Å². The average Bonchev–Trinajstić information content (AvgIpc) is 2.94. The number of allylic oxidation sites excluding steroid dienone is 2. The Bertz CT molecular complexity index is 688. The summed E-state index contributed by atoms with van der Waals surface area (Å²) in [5, 5.41) is 19.5. The predicted octanol–water partition coefficient (Wildman–Crippen LogP) is 3.44.